The number of benzene rings is 3. The van der Waals surface area contributed by atoms with Gasteiger partial charge in [-0.1, -0.05) is 60.5 Å². The highest BCUT2D eigenvalue weighted by molar-refractivity contribution is 7.92. The molecule has 0 radical (unpaired) electrons. The van der Waals surface area contributed by atoms with Crippen LogP contribution in [0.4, 0.5) is 10.1 Å². The molecule has 0 aliphatic carbocycles. The van der Waals surface area contributed by atoms with Crippen molar-refractivity contribution in [3.63, 3.8) is 0 Å². The highest BCUT2D eigenvalue weighted by Gasteiger charge is 2.33. The van der Waals surface area contributed by atoms with Gasteiger partial charge in [-0.25, -0.2) is 12.8 Å². The average Bonchev–Trinajstić information content (AvgIpc) is 2.90. The molecule has 0 saturated carbocycles. The molecule has 3 aromatic carbocycles. The third-order valence-electron chi connectivity index (χ3n) is 5.80. The molecule has 0 unspecified atom stereocenters. The summed E-state index contributed by atoms with van der Waals surface area (Å²) in [6.07, 6.45) is 0.275. The van der Waals surface area contributed by atoms with Crippen LogP contribution in [-0.2, 0) is 26.2 Å². The quantitative estimate of drug-likeness (QED) is 0.335. The summed E-state index contributed by atoms with van der Waals surface area (Å²) in [5.41, 5.74) is 0.707. The van der Waals surface area contributed by atoms with Gasteiger partial charge in [0.05, 0.1) is 20.6 Å². The number of hydrogen-bond acceptors (Lipinski definition) is 4. The summed E-state index contributed by atoms with van der Waals surface area (Å²) in [6, 6.07) is 16.6. The van der Waals surface area contributed by atoms with Crippen LogP contribution in [0.2, 0.25) is 10.0 Å². The lowest BCUT2D eigenvalue weighted by atomic mass is 10.1. The average molecular weight is 581 g/mol. The van der Waals surface area contributed by atoms with Crippen LogP contribution in [0.3, 0.4) is 0 Å². The Morgan fingerprint density at radius 1 is 0.947 bits per heavy atom. The molecule has 1 N–H and O–H groups in total. The second-order valence-electron chi connectivity index (χ2n) is 8.39. The van der Waals surface area contributed by atoms with E-state index in [9.17, 15) is 22.4 Å². The Labute approximate surface area is 232 Å². The number of nitrogens with zero attached hydrogens (tertiary/aromatic N) is 2. The van der Waals surface area contributed by atoms with E-state index in [-0.39, 0.29) is 39.5 Å². The Balaban J connectivity index is 2.06. The molecule has 0 fully saturated rings. The SMILES string of the molecule is CCNC(=O)[C@H](CC)N(Cc1ccc(F)cc1)C(=O)CN(c1ccc(Cl)c(Cl)c1)S(=O)(=O)c1ccccc1. The van der Waals surface area contributed by atoms with Crippen molar-refractivity contribution in [2.45, 2.75) is 37.8 Å². The lowest BCUT2D eigenvalue weighted by Crippen LogP contribution is -2.52. The predicted octanol–water partition coefficient (Wildman–Crippen LogP) is 5.27. The van der Waals surface area contributed by atoms with Gasteiger partial charge in [0.25, 0.3) is 10.0 Å². The molecule has 38 heavy (non-hydrogen) atoms. The van der Waals surface area contributed by atoms with Crippen molar-refractivity contribution in [2.24, 2.45) is 0 Å². The summed E-state index contributed by atoms with van der Waals surface area (Å²) in [7, 11) is -4.22. The Morgan fingerprint density at radius 3 is 2.18 bits per heavy atom. The predicted molar refractivity (Wildman–Crippen MR) is 147 cm³/mol. The van der Waals surface area contributed by atoms with Crippen LogP contribution in [0.25, 0.3) is 0 Å². The fraction of sp³-hybridized carbons (Fsp3) is 0.259. The molecule has 11 heteroatoms. The molecular weight excluding hydrogens is 552 g/mol. The van der Waals surface area contributed by atoms with Crippen molar-refractivity contribution in [2.75, 3.05) is 17.4 Å². The lowest BCUT2D eigenvalue weighted by molar-refractivity contribution is -0.140. The van der Waals surface area contributed by atoms with Gasteiger partial charge < -0.3 is 10.2 Å². The highest BCUT2D eigenvalue weighted by Crippen LogP contribution is 2.31. The van der Waals surface area contributed by atoms with Crippen LogP contribution < -0.4 is 9.62 Å². The Hall–Kier alpha value is -3.14. The van der Waals surface area contributed by atoms with Crippen molar-refractivity contribution < 1.29 is 22.4 Å². The summed E-state index contributed by atoms with van der Waals surface area (Å²) in [5.74, 6) is -1.45. The Kier molecular flexibility index (Phi) is 10.1. The van der Waals surface area contributed by atoms with Crippen LogP contribution in [-0.4, -0.2) is 44.3 Å². The van der Waals surface area contributed by atoms with Crippen LogP contribution in [0.1, 0.15) is 25.8 Å². The molecule has 3 rings (SSSR count). The zero-order chi connectivity index (χ0) is 27.9. The van der Waals surface area contributed by atoms with Crippen LogP contribution >= 0.6 is 23.2 Å². The minimum atomic E-state index is -4.22. The monoisotopic (exact) mass is 579 g/mol. The van der Waals surface area contributed by atoms with Gasteiger partial charge in [0, 0.05) is 13.1 Å². The van der Waals surface area contributed by atoms with Crippen molar-refractivity contribution in [3.05, 3.63) is 94.2 Å². The first-order valence-corrected chi connectivity index (χ1v) is 14.1. The van der Waals surface area contributed by atoms with Crippen LogP contribution in [0, 0.1) is 5.82 Å². The summed E-state index contributed by atoms with van der Waals surface area (Å²) in [5, 5.41) is 3.06. The van der Waals surface area contributed by atoms with Crippen molar-refractivity contribution in [1.29, 1.82) is 0 Å². The van der Waals surface area contributed by atoms with Gasteiger partial charge >= 0.3 is 0 Å². The molecule has 0 saturated heterocycles. The largest absolute Gasteiger partial charge is 0.355 e. The number of nitrogens with one attached hydrogen (secondary N) is 1. The third kappa shape index (κ3) is 7.03. The minimum absolute atomic E-state index is 0.0280. The highest BCUT2D eigenvalue weighted by atomic mass is 35.5. The number of carbonyl (C=O) groups excluding carboxylic acids is 2. The van der Waals surface area contributed by atoms with Crippen molar-refractivity contribution in [1.82, 2.24) is 10.2 Å². The molecule has 0 aliphatic rings. The zero-order valence-electron chi connectivity index (χ0n) is 20.9. The first-order valence-electron chi connectivity index (χ1n) is 11.9. The molecule has 0 aromatic heterocycles. The number of sulfonamides is 1. The number of likely N-dealkylation sites (N-methyl/N-ethyl adjacent to an activating group) is 1. The number of amides is 2. The van der Waals surface area contributed by atoms with E-state index in [0.29, 0.717) is 12.1 Å². The molecule has 1 atom stereocenters. The summed E-state index contributed by atoms with van der Waals surface area (Å²) in [6.45, 7) is 3.21. The van der Waals surface area contributed by atoms with E-state index in [1.54, 1.807) is 32.0 Å². The van der Waals surface area contributed by atoms with E-state index in [4.69, 9.17) is 23.2 Å². The molecule has 0 aliphatic heterocycles. The van der Waals surface area contributed by atoms with E-state index in [2.05, 4.69) is 5.32 Å². The molecule has 202 valence electrons. The maximum Gasteiger partial charge on any atom is 0.264 e. The minimum Gasteiger partial charge on any atom is -0.355 e. The maximum absolute atomic E-state index is 13.8. The summed E-state index contributed by atoms with van der Waals surface area (Å²) < 4.78 is 41.9. The molecular formula is C27H28Cl2FN3O4S. The van der Waals surface area contributed by atoms with E-state index in [1.165, 1.54) is 59.5 Å². The van der Waals surface area contributed by atoms with Gasteiger partial charge in [0.15, 0.2) is 0 Å². The first kappa shape index (κ1) is 29.4. The summed E-state index contributed by atoms with van der Waals surface area (Å²) in [4.78, 5) is 28.0. The zero-order valence-corrected chi connectivity index (χ0v) is 23.2. The number of halogens is 3. The van der Waals surface area contributed by atoms with Gasteiger partial charge in [-0.05, 0) is 61.4 Å². The Bertz CT molecular complexity index is 1370. The third-order valence-corrected chi connectivity index (χ3v) is 8.33. The fourth-order valence-electron chi connectivity index (χ4n) is 3.89. The van der Waals surface area contributed by atoms with Crippen molar-refractivity contribution >= 4 is 50.7 Å². The molecule has 7 nitrogen and oxygen atoms in total. The number of anilines is 1. The summed E-state index contributed by atoms with van der Waals surface area (Å²) >= 11 is 12.2. The van der Waals surface area contributed by atoms with Crippen LogP contribution in [0.5, 0.6) is 0 Å². The van der Waals surface area contributed by atoms with E-state index < -0.39 is 34.3 Å². The number of rotatable bonds is 11. The lowest BCUT2D eigenvalue weighted by Gasteiger charge is -2.33. The van der Waals surface area contributed by atoms with Gasteiger partial charge in [-0.3, -0.25) is 13.9 Å². The standard InChI is InChI=1S/C27H28Cl2FN3O4S/c1-3-25(27(35)31-4-2)32(17-19-10-12-20(30)13-11-19)26(34)18-33(21-14-15-23(28)24(29)16-21)38(36,37)22-8-6-5-7-9-22/h5-16,25H,3-4,17-18H2,1-2H3,(H,31,35)/t25-/m0/s1. The molecule has 2 amide bonds. The van der Waals surface area contributed by atoms with E-state index in [1.807, 2.05) is 0 Å². The van der Waals surface area contributed by atoms with Gasteiger partial charge in [-0.15, -0.1) is 0 Å². The van der Waals surface area contributed by atoms with Crippen LogP contribution in [0.15, 0.2) is 77.7 Å². The van der Waals surface area contributed by atoms with E-state index in [0.717, 1.165) is 4.31 Å². The second-order valence-corrected chi connectivity index (χ2v) is 11.1. The Morgan fingerprint density at radius 2 is 1.61 bits per heavy atom. The number of hydrogen-bond donors (Lipinski definition) is 1. The van der Waals surface area contributed by atoms with Gasteiger partial charge in [0.2, 0.25) is 11.8 Å². The maximum atomic E-state index is 13.8. The van der Waals surface area contributed by atoms with Gasteiger partial charge in [0.1, 0.15) is 18.4 Å². The molecule has 0 heterocycles. The normalized spacial score (nSPS) is 12.0. The molecule has 0 spiro atoms. The van der Waals surface area contributed by atoms with E-state index >= 15 is 0 Å². The first-order chi connectivity index (χ1) is 18.1. The molecule has 0 bridgehead atoms. The smallest absolute Gasteiger partial charge is 0.264 e. The molecule has 3 aromatic rings. The van der Waals surface area contributed by atoms with Gasteiger partial charge in [-0.2, -0.15) is 0 Å². The second kappa shape index (κ2) is 13.1. The number of carbonyl (C=O) groups is 2. The fourth-order valence-corrected chi connectivity index (χ4v) is 5.61. The topological polar surface area (TPSA) is 86.8 Å². The van der Waals surface area contributed by atoms with Crippen molar-refractivity contribution in [3.8, 4) is 0 Å².